The van der Waals surface area contributed by atoms with Crippen LogP contribution in [0.5, 0.6) is 0 Å². The molecule has 0 aliphatic heterocycles. The number of hydrogen-bond donors (Lipinski definition) is 1. The van der Waals surface area contributed by atoms with Crippen LogP contribution >= 0.6 is 0 Å². The van der Waals surface area contributed by atoms with Crippen molar-refractivity contribution in [3.63, 3.8) is 0 Å². The van der Waals surface area contributed by atoms with Gasteiger partial charge in [0.2, 0.25) is 0 Å². The second kappa shape index (κ2) is 9.79. The largest absolute Gasteiger partial charge is 0.466 e. The van der Waals surface area contributed by atoms with E-state index in [1.165, 1.54) is 24.3 Å². The molecule has 2 rings (SSSR count). The Hall–Kier alpha value is -2.12. The molecular weight excluding hydrogens is 408 g/mol. The highest BCUT2D eigenvalue weighted by Crippen LogP contribution is 2.38. The van der Waals surface area contributed by atoms with E-state index in [2.05, 4.69) is 4.72 Å². The molecule has 30 heavy (non-hydrogen) atoms. The van der Waals surface area contributed by atoms with Gasteiger partial charge in [0.25, 0.3) is 5.92 Å². The fourth-order valence-electron chi connectivity index (χ4n) is 2.95. The fraction of sp³-hybridized carbons (Fsp3) is 0.435. The summed E-state index contributed by atoms with van der Waals surface area (Å²) in [6.45, 7) is 8.92. The molecule has 0 heterocycles. The third-order valence-electron chi connectivity index (χ3n) is 4.62. The van der Waals surface area contributed by atoms with Gasteiger partial charge in [-0.05, 0) is 51.8 Å². The van der Waals surface area contributed by atoms with Crippen LogP contribution in [0.4, 0.5) is 8.78 Å². The summed E-state index contributed by atoms with van der Waals surface area (Å²) in [4.78, 5) is 12.1. The third-order valence-corrected chi connectivity index (χ3v) is 6.23. The Bertz CT molecular complexity index is 909. The van der Waals surface area contributed by atoms with Crippen molar-refractivity contribution >= 4 is 17.0 Å². The number of nitrogens with one attached hydrogen (secondary N) is 1. The number of halogens is 2. The summed E-state index contributed by atoms with van der Waals surface area (Å²) in [7, 11) is -1.50. The molecule has 0 saturated carbocycles. The van der Waals surface area contributed by atoms with Gasteiger partial charge in [-0.25, -0.2) is 8.93 Å². The van der Waals surface area contributed by atoms with Gasteiger partial charge in [0, 0.05) is 11.1 Å². The quantitative estimate of drug-likeness (QED) is 0.579. The summed E-state index contributed by atoms with van der Waals surface area (Å²) in [5, 5.41) is 0. The predicted octanol–water partition coefficient (Wildman–Crippen LogP) is 5.18. The van der Waals surface area contributed by atoms with Crippen molar-refractivity contribution in [2.24, 2.45) is 0 Å². The molecule has 0 fully saturated rings. The number of hydrogen-bond acceptors (Lipinski definition) is 3. The maximum absolute atomic E-state index is 15.3. The van der Waals surface area contributed by atoms with Crippen molar-refractivity contribution in [3.8, 4) is 0 Å². The molecule has 2 aromatic rings. The smallest absolute Gasteiger partial charge is 0.307 e. The minimum absolute atomic E-state index is 0.0738. The zero-order valence-corrected chi connectivity index (χ0v) is 18.8. The van der Waals surface area contributed by atoms with E-state index >= 15 is 8.78 Å². The van der Waals surface area contributed by atoms with Crippen LogP contribution in [-0.4, -0.2) is 21.5 Å². The van der Waals surface area contributed by atoms with Crippen LogP contribution in [0.25, 0.3) is 0 Å². The first-order valence-electron chi connectivity index (χ1n) is 9.84. The first-order chi connectivity index (χ1) is 14.0. The zero-order valence-electron chi connectivity index (χ0n) is 18.0. The summed E-state index contributed by atoms with van der Waals surface area (Å²) >= 11 is 0. The molecule has 4 nitrogen and oxygen atoms in total. The van der Waals surface area contributed by atoms with Crippen molar-refractivity contribution in [2.45, 2.75) is 57.8 Å². The van der Waals surface area contributed by atoms with Crippen molar-refractivity contribution in [1.29, 1.82) is 0 Å². The molecule has 0 saturated heterocycles. The summed E-state index contributed by atoms with van der Waals surface area (Å²) in [5.41, 5.74) is 0.677. The number of aryl methyl sites for hydroxylation is 1. The van der Waals surface area contributed by atoms with Gasteiger partial charge in [-0.1, -0.05) is 42.5 Å². The van der Waals surface area contributed by atoms with E-state index in [1.54, 1.807) is 58.9 Å². The van der Waals surface area contributed by atoms with Gasteiger partial charge in [-0.15, -0.1) is 0 Å². The monoisotopic (exact) mass is 437 g/mol. The maximum Gasteiger partial charge on any atom is 0.307 e. The summed E-state index contributed by atoms with van der Waals surface area (Å²) in [6.07, 6.45) is -0.116. The molecule has 7 heteroatoms. The Morgan fingerprint density at radius 1 is 1.13 bits per heavy atom. The Labute approximate surface area is 179 Å². The van der Waals surface area contributed by atoms with Gasteiger partial charge >= 0.3 is 5.97 Å². The molecule has 0 aliphatic carbocycles. The predicted molar refractivity (Wildman–Crippen MR) is 116 cm³/mol. The molecule has 0 aromatic heterocycles. The fourth-order valence-corrected chi connectivity index (χ4v) is 3.78. The standard InChI is InChI=1S/C23H29F2NO3S/c1-6-29-21(27)15-20(26-30(28)22(3,4)5)17-11-9-12-18(14-17)23(24,25)19-13-8-7-10-16(19)2/h7-14,20,26H,6,15H2,1-5H3/t20-,30+/m0/s1. The van der Waals surface area contributed by atoms with Crippen LogP contribution in [0.1, 0.15) is 62.4 Å². The molecule has 2 atom stereocenters. The lowest BCUT2D eigenvalue weighted by atomic mass is 9.93. The van der Waals surface area contributed by atoms with Crippen molar-refractivity contribution in [2.75, 3.05) is 6.61 Å². The Morgan fingerprint density at radius 3 is 2.40 bits per heavy atom. The molecule has 0 amide bonds. The normalized spacial score (nSPS) is 14.2. The minimum atomic E-state index is -3.21. The average Bonchev–Trinajstić information content (AvgIpc) is 2.67. The van der Waals surface area contributed by atoms with Crippen molar-refractivity contribution < 1.29 is 22.5 Å². The number of alkyl halides is 2. The van der Waals surface area contributed by atoms with Crippen LogP contribution in [0.2, 0.25) is 0 Å². The number of ether oxygens (including phenoxy) is 1. The van der Waals surface area contributed by atoms with Gasteiger partial charge in [0.1, 0.15) is 0 Å². The van der Waals surface area contributed by atoms with Crippen LogP contribution < -0.4 is 4.72 Å². The van der Waals surface area contributed by atoms with Crippen LogP contribution in [0.15, 0.2) is 48.5 Å². The first kappa shape index (κ1) is 24.2. The molecule has 0 bridgehead atoms. The SMILES string of the molecule is CCOC(=O)C[C@H](N[S@](=O)C(C)(C)C)c1cccc(C(F)(F)c2ccccc2C)c1. The van der Waals surface area contributed by atoms with E-state index in [1.807, 2.05) is 0 Å². The van der Waals surface area contributed by atoms with Crippen molar-refractivity contribution in [3.05, 3.63) is 70.8 Å². The number of carbonyl (C=O) groups is 1. The molecule has 0 unspecified atom stereocenters. The highest BCUT2D eigenvalue weighted by molar-refractivity contribution is 7.84. The number of benzene rings is 2. The van der Waals surface area contributed by atoms with E-state index in [-0.39, 0.29) is 24.2 Å². The van der Waals surface area contributed by atoms with E-state index < -0.39 is 33.7 Å². The maximum atomic E-state index is 15.3. The third kappa shape index (κ3) is 5.95. The van der Waals surface area contributed by atoms with Crippen LogP contribution in [0, 0.1) is 6.92 Å². The van der Waals surface area contributed by atoms with E-state index in [0.29, 0.717) is 11.1 Å². The molecule has 2 aromatic carbocycles. The second-order valence-corrected chi connectivity index (χ2v) is 10.1. The van der Waals surface area contributed by atoms with E-state index in [4.69, 9.17) is 4.74 Å². The molecular formula is C23H29F2NO3S. The van der Waals surface area contributed by atoms with Crippen LogP contribution in [-0.2, 0) is 26.4 Å². The van der Waals surface area contributed by atoms with Gasteiger partial charge in [0.15, 0.2) is 0 Å². The highest BCUT2D eigenvalue weighted by Gasteiger charge is 2.36. The number of rotatable bonds is 8. The van der Waals surface area contributed by atoms with E-state index in [0.717, 1.165) is 0 Å². The summed E-state index contributed by atoms with van der Waals surface area (Å²) < 4.78 is 50.5. The Balaban J connectivity index is 2.43. The topological polar surface area (TPSA) is 55.4 Å². The molecule has 0 radical (unpaired) electrons. The van der Waals surface area contributed by atoms with Crippen LogP contribution in [0.3, 0.4) is 0 Å². The number of carbonyl (C=O) groups excluding carboxylic acids is 1. The summed E-state index contributed by atoms with van der Waals surface area (Å²) in [5.74, 6) is -3.70. The van der Waals surface area contributed by atoms with E-state index in [9.17, 15) is 9.00 Å². The highest BCUT2D eigenvalue weighted by atomic mass is 32.2. The van der Waals surface area contributed by atoms with Gasteiger partial charge < -0.3 is 4.74 Å². The van der Waals surface area contributed by atoms with Gasteiger partial charge in [-0.3, -0.25) is 4.79 Å². The average molecular weight is 438 g/mol. The summed E-state index contributed by atoms with van der Waals surface area (Å²) in [6, 6.07) is 11.5. The molecule has 0 aliphatic rings. The molecule has 1 N–H and O–H groups in total. The second-order valence-electron chi connectivity index (χ2n) is 8.08. The van der Waals surface area contributed by atoms with Crippen molar-refractivity contribution in [1.82, 2.24) is 4.72 Å². The molecule has 164 valence electrons. The molecule has 0 spiro atoms. The lowest BCUT2D eigenvalue weighted by Gasteiger charge is -2.25. The van der Waals surface area contributed by atoms with Gasteiger partial charge in [0.05, 0.1) is 34.8 Å². The zero-order chi connectivity index (χ0) is 22.5. The lowest BCUT2D eigenvalue weighted by molar-refractivity contribution is -0.143. The first-order valence-corrected chi connectivity index (χ1v) is 11.0. The number of esters is 1. The lowest BCUT2D eigenvalue weighted by Crippen LogP contribution is -2.36. The minimum Gasteiger partial charge on any atom is -0.466 e. The Kier molecular flexibility index (Phi) is 7.88. The van der Waals surface area contributed by atoms with Gasteiger partial charge in [-0.2, -0.15) is 8.78 Å². The Morgan fingerprint density at radius 2 is 1.80 bits per heavy atom.